The van der Waals surface area contributed by atoms with Crippen molar-refractivity contribution in [3.8, 4) is 11.5 Å². The van der Waals surface area contributed by atoms with Crippen LogP contribution in [-0.4, -0.2) is 40.1 Å². The molecule has 0 spiro atoms. The summed E-state index contributed by atoms with van der Waals surface area (Å²) in [6.45, 7) is 1.82. The molecule has 0 fully saturated rings. The van der Waals surface area contributed by atoms with Gasteiger partial charge in [-0.05, 0) is 55.5 Å². The van der Waals surface area contributed by atoms with Crippen molar-refractivity contribution in [1.82, 2.24) is 5.32 Å². The summed E-state index contributed by atoms with van der Waals surface area (Å²) in [5.74, 6) is 0.160. The second kappa shape index (κ2) is 9.50. The minimum Gasteiger partial charge on any atom is -0.486 e. The van der Waals surface area contributed by atoms with Gasteiger partial charge in [0.2, 0.25) is 5.91 Å². The molecule has 1 aliphatic rings. The zero-order valence-corrected chi connectivity index (χ0v) is 18.7. The summed E-state index contributed by atoms with van der Waals surface area (Å²) in [6, 6.07) is 18.5. The van der Waals surface area contributed by atoms with E-state index >= 15 is 0 Å². The maximum Gasteiger partial charge on any atom is 0.264 e. The van der Waals surface area contributed by atoms with Crippen LogP contribution in [0.4, 0.5) is 10.1 Å². The van der Waals surface area contributed by atoms with Crippen molar-refractivity contribution >= 4 is 21.6 Å². The second-order valence-corrected chi connectivity index (χ2v) is 9.47. The summed E-state index contributed by atoms with van der Waals surface area (Å²) >= 11 is 0. The molecule has 3 aromatic rings. The molecule has 0 saturated carbocycles. The van der Waals surface area contributed by atoms with Crippen LogP contribution in [0, 0.1) is 12.7 Å². The fourth-order valence-electron chi connectivity index (χ4n) is 3.34. The molecule has 0 unspecified atom stereocenters. The Kier molecular flexibility index (Phi) is 6.50. The van der Waals surface area contributed by atoms with Crippen molar-refractivity contribution in [2.75, 3.05) is 24.0 Å². The van der Waals surface area contributed by atoms with Gasteiger partial charge in [-0.1, -0.05) is 29.8 Å². The van der Waals surface area contributed by atoms with E-state index in [4.69, 9.17) is 9.47 Å². The largest absolute Gasteiger partial charge is 0.486 e. The van der Waals surface area contributed by atoms with Crippen LogP contribution in [0.15, 0.2) is 77.7 Å². The third-order valence-corrected chi connectivity index (χ3v) is 6.89. The number of aryl methyl sites for hydroxylation is 1. The van der Waals surface area contributed by atoms with Gasteiger partial charge in [0.1, 0.15) is 25.1 Å². The third kappa shape index (κ3) is 5.25. The number of para-hydroxylation sites is 2. The molecule has 0 radical (unpaired) electrons. The summed E-state index contributed by atoms with van der Waals surface area (Å²) in [4.78, 5) is 12.6. The van der Waals surface area contributed by atoms with E-state index in [1.807, 2.05) is 19.1 Å². The van der Waals surface area contributed by atoms with E-state index in [1.54, 1.807) is 36.4 Å². The van der Waals surface area contributed by atoms with Gasteiger partial charge in [0.15, 0.2) is 11.5 Å². The molecule has 172 valence electrons. The van der Waals surface area contributed by atoms with Gasteiger partial charge < -0.3 is 14.8 Å². The Hall–Kier alpha value is -3.59. The molecule has 9 heteroatoms. The Bertz CT molecular complexity index is 1230. The predicted octanol–water partition coefficient (Wildman–Crippen LogP) is 3.29. The van der Waals surface area contributed by atoms with Crippen LogP contribution in [0.25, 0.3) is 0 Å². The van der Waals surface area contributed by atoms with Gasteiger partial charge in [-0.25, -0.2) is 12.8 Å². The van der Waals surface area contributed by atoms with Crippen molar-refractivity contribution in [3.63, 3.8) is 0 Å². The van der Waals surface area contributed by atoms with Gasteiger partial charge in [-0.2, -0.15) is 0 Å². The van der Waals surface area contributed by atoms with Crippen molar-refractivity contribution in [2.24, 2.45) is 0 Å². The molecule has 0 saturated heterocycles. The lowest BCUT2D eigenvalue weighted by Gasteiger charge is -2.27. The number of anilines is 1. The van der Waals surface area contributed by atoms with Crippen molar-refractivity contribution in [2.45, 2.75) is 17.9 Å². The molecule has 1 aliphatic heterocycles. The quantitative estimate of drug-likeness (QED) is 0.573. The second-order valence-electron chi connectivity index (χ2n) is 7.60. The van der Waals surface area contributed by atoms with Crippen LogP contribution < -0.4 is 19.1 Å². The van der Waals surface area contributed by atoms with E-state index in [-0.39, 0.29) is 18.0 Å². The maximum atomic E-state index is 13.3. The number of fused-ring (bicyclic) bond motifs is 1. The number of amides is 1. The topological polar surface area (TPSA) is 84.9 Å². The maximum absolute atomic E-state index is 13.3. The molecule has 0 bridgehead atoms. The SMILES string of the molecule is Cc1ccc(N(CC(=O)NC[C@H]2COc3ccccc3O2)S(=O)(=O)c2ccc(F)cc2)cc1. The first-order valence-electron chi connectivity index (χ1n) is 10.3. The summed E-state index contributed by atoms with van der Waals surface area (Å²) in [5.41, 5.74) is 1.27. The molecule has 0 aromatic heterocycles. The smallest absolute Gasteiger partial charge is 0.264 e. The van der Waals surface area contributed by atoms with Crippen molar-refractivity contribution in [3.05, 3.63) is 84.2 Å². The van der Waals surface area contributed by atoms with E-state index in [1.165, 1.54) is 12.1 Å². The summed E-state index contributed by atoms with van der Waals surface area (Å²) < 4.78 is 52.4. The molecule has 3 aromatic carbocycles. The van der Waals surface area contributed by atoms with Crippen LogP contribution >= 0.6 is 0 Å². The van der Waals surface area contributed by atoms with Gasteiger partial charge >= 0.3 is 0 Å². The number of ether oxygens (including phenoxy) is 2. The number of hydrogen-bond acceptors (Lipinski definition) is 5. The van der Waals surface area contributed by atoms with Crippen LogP contribution in [0.5, 0.6) is 11.5 Å². The highest BCUT2D eigenvalue weighted by Crippen LogP contribution is 2.30. The van der Waals surface area contributed by atoms with Crippen LogP contribution in [0.3, 0.4) is 0 Å². The van der Waals surface area contributed by atoms with Crippen LogP contribution in [0.2, 0.25) is 0 Å². The van der Waals surface area contributed by atoms with Gasteiger partial charge in [0, 0.05) is 0 Å². The summed E-state index contributed by atoms with van der Waals surface area (Å²) in [6.07, 6.45) is -0.412. The standard InChI is InChI=1S/C24H23FN2O5S/c1-17-6-10-19(11-7-17)27(33(29,30)21-12-8-18(25)9-13-21)15-24(28)26-14-20-16-31-22-4-2-3-5-23(22)32-20/h2-13,20H,14-16H2,1H3,(H,26,28)/t20-/m0/s1. The first-order valence-corrected chi connectivity index (χ1v) is 11.8. The third-order valence-electron chi connectivity index (χ3n) is 5.11. The molecule has 0 aliphatic carbocycles. The lowest BCUT2D eigenvalue weighted by atomic mass is 10.2. The predicted molar refractivity (Wildman–Crippen MR) is 121 cm³/mol. The van der Waals surface area contributed by atoms with E-state index in [9.17, 15) is 17.6 Å². The van der Waals surface area contributed by atoms with E-state index in [2.05, 4.69) is 5.32 Å². The fraction of sp³-hybridized carbons (Fsp3) is 0.208. The lowest BCUT2D eigenvalue weighted by Crippen LogP contribution is -2.45. The molecule has 1 atom stereocenters. The average molecular weight is 471 g/mol. The highest BCUT2D eigenvalue weighted by Gasteiger charge is 2.28. The molecule has 33 heavy (non-hydrogen) atoms. The number of halogens is 1. The van der Waals surface area contributed by atoms with Crippen molar-refractivity contribution < 1.29 is 27.1 Å². The van der Waals surface area contributed by atoms with Crippen molar-refractivity contribution in [1.29, 1.82) is 0 Å². The number of nitrogens with zero attached hydrogens (tertiary/aromatic N) is 1. The van der Waals surface area contributed by atoms with Crippen LogP contribution in [-0.2, 0) is 14.8 Å². The Labute approximate surface area is 191 Å². The van der Waals surface area contributed by atoms with E-state index in [0.29, 0.717) is 17.2 Å². The minimum absolute atomic E-state index is 0.113. The van der Waals surface area contributed by atoms with Gasteiger partial charge in [0.05, 0.1) is 17.1 Å². The number of hydrogen-bond donors (Lipinski definition) is 1. The highest BCUT2D eigenvalue weighted by molar-refractivity contribution is 7.92. The molecule has 1 N–H and O–H groups in total. The number of nitrogens with one attached hydrogen (secondary N) is 1. The minimum atomic E-state index is -4.11. The molecule has 7 nitrogen and oxygen atoms in total. The Morgan fingerprint density at radius 2 is 1.70 bits per heavy atom. The van der Waals surface area contributed by atoms with E-state index in [0.717, 1.165) is 22.0 Å². The molecular formula is C24H23FN2O5S. The number of carbonyl (C=O) groups excluding carboxylic acids is 1. The highest BCUT2D eigenvalue weighted by atomic mass is 32.2. The zero-order chi connectivity index (χ0) is 23.4. The number of carbonyl (C=O) groups is 1. The summed E-state index contributed by atoms with van der Waals surface area (Å²) in [7, 11) is -4.11. The number of sulfonamides is 1. The monoisotopic (exact) mass is 470 g/mol. The van der Waals surface area contributed by atoms with Gasteiger partial charge in [-0.15, -0.1) is 0 Å². The van der Waals surface area contributed by atoms with Gasteiger partial charge in [0.25, 0.3) is 10.0 Å². The molecular weight excluding hydrogens is 447 g/mol. The molecule has 1 amide bonds. The normalized spacial score (nSPS) is 15.0. The summed E-state index contributed by atoms with van der Waals surface area (Å²) in [5, 5.41) is 2.72. The van der Waals surface area contributed by atoms with Gasteiger partial charge in [-0.3, -0.25) is 9.10 Å². The Morgan fingerprint density at radius 3 is 2.39 bits per heavy atom. The first-order chi connectivity index (χ1) is 15.8. The average Bonchev–Trinajstić information content (AvgIpc) is 2.82. The zero-order valence-electron chi connectivity index (χ0n) is 17.9. The van der Waals surface area contributed by atoms with E-state index < -0.39 is 34.4 Å². The number of rotatable bonds is 7. The lowest BCUT2D eigenvalue weighted by molar-refractivity contribution is -0.120. The molecule has 1 heterocycles. The fourth-order valence-corrected chi connectivity index (χ4v) is 4.76. The number of benzene rings is 3. The van der Waals surface area contributed by atoms with Crippen LogP contribution in [0.1, 0.15) is 5.56 Å². The first kappa shape index (κ1) is 22.6. The Balaban J connectivity index is 1.49. The molecule has 4 rings (SSSR count). The Morgan fingerprint density at radius 1 is 1.03 bits per heavy atom.